The Balaban J connectivity index is 1.68. The highest BCUT2D eigenvalue weighted by atomic mass is 32.2. The molecule has 348 valence electrons. The lowest BCUT2D eigenvalue weighted by molar-refractivity contribution is 0.104. The lowest BCUT2D eigenvalue weighted by Gasteiger charge is -2.14. The van der Waals surface area contributed by atoms with E-state index < -0.39 is 0 Å². The first kappa shape index (κ1) is 54.9. The van der Waals surface area contributed by atoms with Crippen LogP contribution in [0, 0.1) is 0 Å². The summed E-state index contributed by atoms with van der Waals surface area (Å²) >= 11 is 1.90. The van der Waals surface area contributed by atoms with Crippen LogP contribution in [-0.2, 0) is 0 Å². The lowest BCUT2D eigenvalue weighted by Crippen LogP contribution is -2.04. The van der Waals surface area contributed by atoms with Crippen molar-refractivity contribution in [1.29, 1.82) is 0 Å². The van der Waals surface area contributed by atoms with Gasteiger partial charge in [-0.2, -0.15) is 0 Å². The number of carbonyl (C=O) groups is 1. The van der Waals surface area contributed by atoms with Crippen molar-refractivity contribution in [2.24, 2.45) is 0 Å². The summed E-state index contributed by atoms with van der Waals surface area (Å²) in [6.07, 6.45) is 52.5. The van der Waals surface area contributed by atoms with Gasteiger partial charge in [0.15, 0.2) is 17.3 Å². The maximum Gasteiger partial charge on any atom is 0.185 e. The minimum absolute atomic E-state index is 0.0104. The molecule has 0 N–H and O–H groups in total. The van der Waals surface area contributed by atoms with Crippen LogP contribution in [0.4, 0.5) is 0 Å². The molecule has 0 aromatic heterocycles. The Kier molecular flexibility index (Phi) is 37.6. The maximum atomic E-state index is 13.3. The molecule has 0 spiro atoms. The molecule has 0 heterocycles. The van der Waals surface area contributed by atoms with E-state index in [-0.39, 0.29) is 5.78 Å². The van der Waals surface area contributed by atoms with Crippen molar-refractivity contribution in [2.45, 2.75) is 257 Å². The number of hydrogen-bond donors (Lipinski definition) is 0. The number of thioether (sulfide) groups is 1. The molecule has 0 unspecified atom stereocenters. The van der Waals surface area contributed by atoms with E-state index in [1.165, 1.54) is 223 Å². The number of ether oxygens (including phenoxy) is 2. The Morgan fingerprint density at radius 3 is 1.18 bits per heavy atom. The van der Waals surface area contributed by atoms with Crippen molar-refractivity contribution in [3.8, 4) is 11.5 Å². The Bertz CT molecular complexity index is 1290. The summed E-state index contributed by atoms with van der Waals surface area (Å²) in [6.45, 7) is 8.17. The molecular weight excluding hydrogens is 765 g/mol. The zero-order valence-corrected chi connectivity index (χ0v) is 41.2. The van der Waals surface area contributed by atoms with Crippen LogP contribution in [0.15, 0.2) is 53.4 Å². The molecule has 0 radical (unpaired) electrons. The monoisotopic (exact) mass is 861 g/mol. The minimum atomic E-state index is -0.0104. The number of hydrogen-bond acceptors (Lipinski definition) is 4. The average Bonchev–Trinajstić information content (AvgIpc) is 3.28. The first-order valence-electron chi connectivity index (χ1n) is 26.5. The molecule has 0 amide bonds. The predicted molar refractivity (Wildman–Crippen MR) is 271 cm³/mol. The van der Waals surface area contributed by atoms with Gasteiger partial charge in [-0.05, 0) is 67.0 Å². The van der Waals surface area contributed by atoms with Crippen LogP contribution in [-0.4, -0.2) is 24.7 Å². The molecule has 0 atom stereocenters. The summed E-state index contributed by atoms with van der Waals surface area (Å²) in [4.78, 5) is 14.6. The molecule has 2 aromatic rings. The van der Waals surface area contributed by atoms with Gasteiger partial charge in [0.1, 0.15) is 0 Å². The van der Waals surface area contributed by atoms with Gasteiger partial charge in [-0.1, -0.05) is 251 Å². The zero-order valence-electron chi connectivity index (χ0n) is 40.4. The molecule has 61 heavy (non-hydrogen) atoms. The summed E-state index contributed by atoms with van der Waals surface area (Å²) in [5.74, 6) is 2.60. The van der Waals surface area contributed by atoms with Gasteiger partial charge >= 0.3 is 0 Å². The molecule has 3 nitrogen and oxygen atoms in total. The first-order chi connectivity index (χ1) is 30.2. The fourth-order valence-electron chi connectivity index (χ4n) is 8.19. The third-order valence-corrected chi connectivity index (χ3v) is 13.4. The molecule has 0 saturated carbocycles. The Hall–Kier alpha value is -2.20. The normalized spacial score (nSPS) is 11.5. The van der Waals surface area contributed by atoms with Crippen LogP contribution in [0.2, 0.25) is 0 Å². The summed E-state index contributed by atoms with van der Waals surface area (Å²) in [6, 6.07) is 14.2. The Morgan fingerprint density at radius 2 is 0.787 bits per heavy atom. The van der Waals surface area contributed by atoms with Gasteiger partial charge in [-0.3, -0.25) is 4.79 Å². The molecule has 2 aromatic carbocycles. The smallest absolute Gasteiger partial charge is 0.185 e. The van der Waals surface area contributed by atoms with E-state index in [0.717, 1.165) is 29.9 Å². The summed E-state index contributed by atoms with van der Waals surface area (Å²) in [7, 11) is 0. The highest BCUT2D eigenvalue weighted by Gasteiger charge is 2.11. The molecule has 0 saturated heterocycles. The van der Waals surface area contributed by atoms with Crippen molar-refractivity contribution in [2.75, 3.05) is 19.0 Å². The molecule has 0 bridgehead atoms. The van der Waals surface area contributed by atoms with Crippen molar-refractivity contribution in [1.82, 2.24) is 0 Å². The van der Waals surface area contributed by atoms with E-state index in [1.54, 1.807) is 6.08 Å². The summed E-state index contributed by atoms with van der Waals surface area (Å²) in [5.41, 5.74) is 1.68. The third-order valence-electron chi connectivity index (χ3n) is 12.3. The van der Waals surface area contributed by atoms with Gasteiger partial charge in [0, 0.05) is 10.5 Å². The molecule has 0 fully saturated rings. The number of benzene rings is 2. The first-order valence-corrected chi connectivity index (χ1v) is 27.5. The van der Waals surface area contributed by atoms with E-state index in [1.807, 2.05) is 36.0 Å². The molecule has 0 aliphatic rings. The molecule has 0 aliphatic heterocycles. The van der Waals surface area contributed by atoms with E-state index in [9.17, 15) is 4.79 Å². The molecular formula is C57H96O3S. The van der Waals surface area contributed by atoms with Crippen LogP contribution < -0.4 is 9.47 Å². The fourth-order valence-corrected chi connectivity index (χ4v) is 9.19. The zero-order chi connectivity index (χ0) is 43.5. The molecule has 0 aliphatic carbocycles. The Labute approximate surface area is 383 Å². The van der Waals surface area contributed by atoms with Crippen molar-refractivity contribution in [3.05, 3.63) is 59.7 Å². The highest BCUT2D eigenvalue weighted by Crippen LogP contribution is 2.30. The van der Waals surface area contributed by atoms with Gasteiger partial charge in [0.25, 0.3) is 0 Å². The second-order valence-corrected chi connectivity index (χ2v) is 19.3. The standard InChI is InChI=1S/C57H96O3S/c1-4-7-10-12-14-16-18-20-22-24-26-28-30-32-34-36-38-48-59-56-47-43-53(55(58)46-42-52-40-44-54(45-41-52)61-50-9-6-3)51-57(56)60-49-39-37-35-33-31-29-27-25-23-21-19-17-15-13-11-8-5-2/h40-47,51H,4-39,48-50H2,1-3H3. The van der Waals surface area contributed by atoms with Crippen LogP contribution in [0.3, 0.4) is 0 Å². The van der Waals surface area contributed by atoms with E-state index in [2.05, 4.69) is 45.0 Å². The minimum Gasteiger partial charge on any atom is -0.490 e. The second-order valence-electron chi connectivity index (χ2n) is 18.1. The number of allylic oxidation sites excluding steroid dienone is 1. The molecule has 4 heteroatoms. The van der Waals surface area contributed by atoms with Crippen LogP contribution >= 0.6 is 11.8 Å². The maximum absolute atomic E-state index is 13.3. The van der Waals surface area contributed by atoms with Crippen molar-refractivity contribution in [3.63, 3.8) is 0 Å². The van der Waals surface area contributed by atoms with Crippen molar-refractivity contribution >= 4 is 23.6 Å². The average molecular weight is 861 g/mol. The molecule has 2 rings (SSSR count). The van der Waals surface area contributed by atoms with E-state index in [0.29, 0.717) is 24.5 Å². The number of ketones is 1. The number of unbranched alkanes of at least 4 members (excludes halogenated alkanes) is 33. The SMILES string of the molecule is CCCCCCCCCCCCCCCCCCCOc1ccc(C(=O)C=Cc2ccc(SCCCC)cc2)cc1OCCCCCCCCCCCCCCCCCCC. The summed E-state index contributed by atoms with van der Waals surface area (Å²) in [5, 5.41) is 0. The van der Waals surface area contributed by atoms with Gasteiger partial charge in [0.2, 0.25) is 0 Å². The van der Waals surface area contributed by atoms with Crippen LogP contribution in [0.5, 0.6) is 11.5 Å². The van der Waals surface area contributed by atoms with Gasteiger partial charge < -0.3 is 9.47 Å². The largest absolute Gasteiger partial charge is 0.490 e. The number of rotatable bonds is 45. The van der Waals surface area contributed by atoms with E-state index >= 15 is 0 Å². The number of carbonyl (C=O) groups excluding carboxylic acids is 1. The third kappa shape index (κ3) is 32.2. The van der Waals surface area contributed by atoms with Gasteiger partial charge in [-0.25, -0.2) is 0 Å². The Morgan fingerprint density at radius 1 is 0.426 bits per heavy atom. The van der Waals surface area contributed by atoms with Crippen LogP contribution in [0.1, 0.15) is 268 Å². The van der Waals surface area contributed by atoms with Gasteiger partial charge in [0.05, 0.1) is 13.2 Å². The fraction of sp³-hybridized carbons (Fsp3) is 0.737. The predicted octanol–water partition coefficient (Wildman–Crippen LogP) is 19.5. The quantitative estimate of drug-likeness (QED) is 0.0288. The summed E-state index contributed by atoms with van der Waals surface area (Å²) < 4.78 is 12.7. The lowest BCUT2D eigenvalue weighted by atomic mass is 10.0. The highest BCUT2D eigenvalue weighted by molar-refractivity contribution is 7.99. The van der Waals surface area contributed by atoms with Crippen molar-refractivity contribution < 1.29 is 14.3 Å². The topological polar surface area (TPSA) is 35.5 Å². The van der Waals surface area contributed by atoms with E-state index in [4.69, 9.17) is 9.47 Å². The van der Waals surface area contributed by atoms with Gasteiger partial charge in [-0.15, -0.1) is 11.8 Å². The van der Waals surface area contributed by atoms with Crippen LogP contribution in [0.25, 0.3) is 6.08 Å². The second kappa shape index (κ2) is 41.8.